The molecule has 0 saturated carbocycles. The lowest BCUT2D eigenvalue weighted by molar-refractivity contribution is -0.125. The Morgan fingerprint density at radius 2 is 2.00 bits per heavy atom. The first kappa shape index (κ1) is 20.8. The molecule has 2 atom stereocenters. The van der Waals surface area contributed by atoms with Gasteiger partial charge in [-0.15, -0.1) is 11.3 Å². The van der Waals surface area contributed by atoms with Crippen LogP contribution in [-0.2, 0) is 14.3 Å². The molecule has 30 heavy (non-hydrogen) atoms. The van der Waals surface area contributed by atoms with E-state index in [2.05, 4.69) is 16.0 Å². The summed E-state index contributed by atoms with van der Waals surface area (Å²) in [5, 5.41) is 8.95. The normalized spacial score (nSPS) is 21.5. The molecule has 0 spiro atoms. The van der Waals surface area contributed by atoms with Gasteiger partial charge in [0.15, 0.2) is 0 Å². The van der Waals surface area contributed by atoms with Gasteiger partial charge in [0.1, 0.15) is 6.61 Å². The molecule has 2 aromatic rings. The van der Waals surface area contributed by atoms with E-state index < -0.39 is 6.04 Å². The van der Waals surface area contributed by atoms with Crippen molar-refractivity contribution in [3.63, 3.8) is 0 Å². The van der Waals surface area contributed by atoms with Gasteiger partial charge in [-0.05, 0) is 42.8 Å². The lowest BCUT2D eigenvalue weighted by Gasteiger charge is -2.27. The molecule has 1 aromatic heterocycles. The minimum Gasteiger partial charge on any atom is -0.370 e. The molecule has 3 N–H and O–H groups in total. The van der Waals surface area contributed by atoms with E-state index >= 15 is 0 Å². The number of morpholine rings is 1. The highest BCUT2D eigenvalue weighted by atomic mass is 35.5. The van der Waals surface area contributed by atoms with Crippen LogP contribution in [0.15, 0.2) is 36.4 Å². The van der Waals surface area contributed by atoms with E-state index in [0.29, 0.717) is 41.0 Å². The molecule has 3 heterocycles. The van der Waals surface area contributed by atoms with E-state index in [1.165, 1.54) is 11.3 Å². The van der Waals surface area contributed by atoms with Crippen molar-refractivity contribution in [1.82, 2.24) is 10.6 Å². The van der Waals surface area contributed by atoms with E-state index in [1.54, 1.807) is 41.3 Å². The largest absolute Gasteiger partial charge is 0.370 e. The van der Waals surface area contributed by atoms with Crippen LogP contribution >= 0.6 is 22.9 Å². The zero-order chi connectivity index (χ0) is 21.1. The van der Waals surface area contributed by atoms with E-state index in [9.17, 15) is 14.4 Å². The summed E-state index contributed by atoms with van der Waals surface area (Å²) in [7, 11) is 0. The molecule has 1 unspecified atom stereocenters. The fourth-order valence-electron chi connectivity index (χ4n) is 3.48. The Bertz CT molecular complexity index is 949. The van der Waals surface area contributed by atoms with E-state index in [4.69, 9.17) is 16.3 Å². The number of nitrogens with one attached hydrogen (secondary N) is 3. The summed E-state index contributed by atoms with van der Waals surface area (Å²) in [6.45, 7) is 1.63. The van der Waals surface area contributed by atoms with Crippen LogP contribution in [0.5, 0.6) is 0 Å². The van der Waals surface area contributed by atoms with Crippen molar-refractivity contribution in [2.45, 2.75) is 18.5 Å². The van der Waals surface area contributed by atoms with Crippen LogP contribution in [-0.4, -0.2) is 56.1 Å². The molecule has 3 amide bonds. The summed E-state index contributed by atoms with van der Waals surface area (Å²) >= 11 is 7.09. The van der Waals surface area contributed by atoms with Crippen molar-refractivity contribution in [2.75, 3.05) is 36.5 Å². The van der Waals surface area contributed by atoms with Gasteiger partial charge in [0.05, 0.1) is 21.9 Å². The van der Waals surface area contributed by atoms with Crippen LogP contribution in [0, 0.1) is 0 Å². The second kappa shape index (κ2) is 9.13. The fraction of sp³-hybridized carbons (Fsp3) is 0.350. The number of anilines is 2. The number of benzene rings is 1. The lowest BCUT2D eigenvalue weighted by atomic mass is 10.1. The van der Waals surface area contributed by atoms with Gasteiger partial charge in [-0.2, -0.15) is 0 Å². The van der Waals surface area contributed by atoms with Crippen LogP contribution in [0.1, 0.15) is 16.1 Å². The van der Waals surface area contributed by atoms with Crippen LogP contribution in [0.2, 0.25) is 4.34 Å². The highest BCUT2D eigenvalue weighted by Gasteiger charge is 2.31. The molecule has 2 aliphatic rings. The summed E-state index contributed by atoms with van der Waals surface area (Å²) < 4.78 is 5.70. The third kappa shape index (κ3) is 4.81. The first-order chi connectivity index (χ1) is 14.5. The Morgan fingerprint density at radius 3 is 2.70 bits per heavy atom. The second-order valence-electron chi connectivity index (χ2n) is 7.10. The van der Waals surface area contributed by atoms with Gasteiger partial charge in [0.2, 0.25) is 5.91 Å². The molecule has 2 fully saturated rings. The highest BCUT2D eigenvalue weighted by molar-refractivity contribution is 7.18. The summed E-state index contributed by atoms with van der Waals surface area (Å²) in [5.74, 6) is -0.430. The van der Waals surface area contributed by atoms with Crippen molar-refractivity contribution in [2.24, 2.45) is 0 Å². The smallest absolute Gasteiger partial charge is 0.261 e. The number of hydrogen-bond donors (Lipinski definition) is 3. The van der Waals surface area contributed by atoms with Crippen LogP contribution in [0.3, 0.4) is 0 Å². The second-order valence-corrected chi connectivity index (χ2v) is 8.82. The minimum absolute atomic E-state index is 0.0777. The molecule has 2 saturated heterocycles. The molecule has 1 aromatic carbocycles. The Morgan fingerprint density at radius 1 is 1.20 bits per heavy atom. The number of amides is 3. The van der Waals surface area contributed by atoms with Gasteiger partial charge in [-0.3, -0.25) is 14.4 Å². The zero-order valence-electron chi connectivity index (χ0n) is 16.0. The molecule has 2 aliphatic heterocycles. The average molecular weight is 449 g/mol. The van der Waals surface area contributed by atoms with Crippen LogP contribution < -0.4 is 20.9 Å². The Kier molecular flexibility index (Phi) is 6.33. The van der Waals surface area contributed by atoms with Crippen molar-refractivity contribution in [3.8, 4) is 0 Å². The maximum Gasteiger partial charge on any atom is 0.261 e. The maximum absolute atomic E-state index is 12.6. The minimum atomic E-state index is -0.400. The van der Waals surface area contributed by atoms with E-state index in [-0.39, 0.29) is 30.4 Å². The molecular formula is C20H21ClN4O4S. The van der Waals surface area contributed by atoms with Gasteiger partial charge in [0.25, 0.3) is 11.8 Å². The third-order valence-corrected chi connectivity index (χ3v) is 6.24. The molecule has 0 radical (unpaired) electrons. The van der Waals surface area contributed by atoms with Crippen LogP contribution in [0.4, 0.5) is 11.4 Å². The summed E-state index contributed by atoms with van der Waals surface area (Å²) in [6.07, 6.45) is 0.497. The number of carbonyl (C=O) groups excluding carboxylic acids is 3. The standard InChI is InChI=1S/C20H21ClN4O4S/c21-17-6-5-16(30-17)20(28)24-13-9-15(22-10-13)19(27)23-12-1-3-14(4-2-12)25-7-8-29-11-18(25)26/h1-6,13,15,22H,7-11H2,(H,23,27)(H,24,28)/t13-,15?/m0/s1. The highest BCUT2D eigenvalue weighted by Crippen LogP contribution is 2.22. The lowest BCUT2D eigenvalue weighted by Crippen LogP contribution is -2.41. The molecule has 4 rings (SSSR count). The Labute approximate surface area is 182 Å². The number of nitrogens with zero attached hydrogens (tertiary/aromatic N) is 1. The van der Waals surface area contributed by atoms with E-state index in [0.717, 1.165) is 5.69 Å². The average Bonchev–Trinajstić information content (AvgIpc) is 3.38. The van der Waals surface area contributed by atoms with Gasteiger partial charge in [0, 0.05) is 30.5 Å². The summed E-state index contributed by atoms with van der Waals surface area (Å²) in [5.41, 5.74) is 1.42. The van der Waals surface area contributed by atoms with Crippen LogP contribution in [0.25, 0.3) is 0 Å². The van der Waals surface area contributed by atoms with E-state index in [1.807, 2.05) is 0 Å². The SMILES string of the molecule is O=C(N[C@@H]1CNC(C(=O)Nc2ccc(N3CCOCC3=O)cc2)C1)c1ccc(Cl)s1. The van der Waals surface area contributed by atoms with Gasteiger partial charge < -0.3 is 25.6 Å². The first-order valence-electron chi connectivity index (χ1n) is 9.58. The molecule has 8 nitrogen and oxygen atoms in total. The third-order valence-electron chi connectivity index (χ3n) is 5.01. The number of ether oxygens (including phenoxy) is 1. The van der Waals surface area contributed by atoms with Crippen molar-refractivity contribution >= 4 is 52.0 Å². The quantitative estimate of drug-likeness (QED) is 0.648. The summed E-state index contributed by atoms with van der Waals surface area (Å²) in [4.78, 5) is 39.0. The van der Waals surface area contributed by atoms with Crippen molar-refractivity contribution in [3.05, 3.63) is 45.6 Å². The van der Waals surface area contributed by atoms with Gasteiger partial charge >= 0.3 is 0 Å². The number of halogens is 1. The van der Waals surface area contributed by atoms with Crippen molar-refractivity contribution in [1.29, 1.82) is 0 Å². The maximum atomic E-state index is 12.6. The fourth-order valence-corrected chi connectivity index (χ4v) is 4.43. The number of carbonyl (C=O) groups is 3. The Balaban J connectivity index is 1.29. The van der Waals surface area contributed by atoms with Crippen molar-refractivity contribution < 1.29 is 19.1 Å². The molecule has 158 valence electrons. The van der Waals surface area contributed by atoms with Gasteiger partial charge in [-0.25, -0.2) is 0 Å². The zero-order valence-corrected chi connectivity index (χ0v) is 17.6. The Hall–Kier alpha value is -2.46. The monoisotopic (exact) mass is 448 g/mol. The molecule has 10 heteroatoms. The number of rotatable bonds is 5. The molecule has 0 bridgehead atoms. The predicted molar refractivity (Wildman–Crippen MR) is 115 cm³/mol. The topological polar surface area (TPSA) is 99.8 Å². The first-order valence-corrected chi connectivity index (χ1v) is 10.8. The number of thiophene rings is 1. The predicted octanol–water partition coefficient (Wildman–Crippen LogP) is 1.86. The number of hydrogen-bond acceptors (Lipinski definition) is 6. The summed E-state index contributed by atoms with van der Waals surface area (Å²) in [6, 6.07) is 9.97. The molecule has 0 aliphatic carbocycles. The van der Waals surface area contributed by atoms with Gasteiger partial charge in [-0.1, -0.05) is 11.6 Å². The molecular weight excluding hydrogens is 428 g/mol.